The van der Waals surface area contributed by atoms with Gasteiger partial charge in [-0.1, -0.05) is 50.7 Å². The molecule has 20 heavy (non-hydrogen) atoms. The average molecular weight is 417 g/mol. The summed E-state index contributed by atoms with van der Waals surface area (Å²) < 4.78 is 27.5. The van der Waals surface area contributed by atoms with Crippen LogP contribution in [-0.2, 0) is 10.0 Å². The molecule has 0 saturated carbocycles. The molecule has 0 radical (unpaired) electrons. The van der Waals surface area contributed by atoms with E-state index in [-0.39, 0.29) is 25.8 Å². The van der Waals surface area contributed by atoms with Gasteiger partial charge >= 0.3 is 0 Å². The Morgan fingerprint density at radius 2 is 1.70 bits per heavy atom. The molecule has 0 atom stereocenters. The van der Waals surface area contributed by atoms with Crippen LogP contribution in [0.4, 0.5) is 5.82 Å². The highest BCUT2D eigenvalue weighted by atomic mass is 79.9. The van der Waals surface area contributed by atoms with E-state index in [0.29, 0.717) is 4.47 Å². The van der Waals surface area contributed by atoms with Gasteiger partial charge in [0.25, 0.3) is 10.0 Å². The normalized spacial score (nSPS) is 11.4. The molecule has 9 heteroatoms. The summed E-state index contributed by atoms with van der Waals surface area (Å²) in [6, 6.07) is 5.78. The van der Waals surface area contributed by atoms with Crippen molar-refractivity contribution in [3.63, 3.8) is 0 Å². The van der Waals surface area contributed by atoms with Gasteiger partial charge in [0.2, 0.25) is 0 Å². The van der Waals surface area contributed by atoms with Gasteiger partial charge in [-0.2, -0.15) is 0 Å². The molecule has 0 bridgehead atoms. The average Bonchev–Trinajstić information content (AvgIpc) is 2.25. The van der Waals surface area contributed by atoms with E-state index in [2.05, 4.69) is 25.6 Å². The standard InChI is InChI=1S/C11H6BrCl3N2O2S/c12-6-1-2-16-10(3-6)17-20(18,19)11-8(14)4-7(13)5-9(11)15/h1-5H,(H,16,17). The first-order valence-corrected chi connectivity index (χ1v) is 8.49. The van der Waals surface area contributed by atoms with Gasteiger partial charge in [0.15, 0.2) is 0 Å². The van der Waals surface area contributed by atoms with Crippen molar-refractivity contribution in [3.8, 4) is 0 Å². The van der Waals surface area contributed by atoms with Crippen molar-refractivity contribution in [2.75, 3.05) is 4.72 Å². The Hall–Kier alpha value is -0.530. The third-order valence-corrected chi connectivity index (χ3v) is 5.18. The van der Waals surface area contributed by atoms with Gasteiger partial charge < -0.3 is 0 Å². The van der Waals surface area contributed by atoms with Gasteiger partial charge in [-0.15, -0.1) is 0 Å². The van der Waals surface area contributed by atoms with Crippen LogP contribution < -0.4 is 4.72 Å². The van der Waals surface area contributed by atoms with Crippen molar-refractivity contribution in [2.24, 2.45) is 0 Å². The zero-order valence-electron chi connectivity index (χ0n) is 9.57. The first-order valence-electron chi connectivity index (χ1n) is 5.08. The van der Waals surface area contributed by atoms with Crippen LogP contribution >= 0.6 is 50.7 Å². The fourth-order valence-corrected chi connectivity index (χ4v) is 4.32. The van der Waals surface area contributed by atoms with Crippen molar-refractivity contribution in [3.05, 3.63) is 50.0 Å². The molecular weight excluding hydrogens is 410 g/mol. The van der Waals surface area contributed by atoms with E-state index in [1.165, 1.54) is 24.4 Å². The summed E-state index contributed by atoms with van der Waals surface area (Å²) in [6.07, 6.45) is 1.45. The Balaban J connectivity index is 2.46. The summed E-state index contributed by atoms with van der Waals surface area (Å²) in [4.78, 5) is 3.65. The zero-order chi connectivity index (χ0) is 14.9. The van der Waals surface area contributed by atoms with Crippen LogP contribution in [0.2, 0.25) is 15.1 Å². The van der Waals surface area contributed by atoms with E-state index >= 15 is 0 Å². The monoisotopic (exact) mass is 414 g/mol. The molecule has 2 aromatic rings. The minimum atomic E-state index is -3.96. The summed E-state index contributed by atoms with van der Waals surface area (Å²) in [6.45, 7) is 0. The van der Waals surface area contributed by atoms with Gasteiger partial charge in [0.05, 0.1) is 10.0 Å². The molecule has 1 aromatic heterocycles. The molecule has 0 aliphatic heterocycles. The maximum absolute atomic E-state index is 12.3. The molecule has 1 heterocycles. The molecule has 0 unspecified atom stereocenters. The highest BCUT2D eigenvalue weighted by Gasteiger charge is 2.23. The van der Waals surface area contributed by atoms with Crippen LogP contribution in [0, 0.1) is 0 Å². The van der Waals surface area contributed by atoms with Gasteiger partial charge in [0.1, 0.15) is 10.7 Å². The smallest absolute Gasteiger partial charge is 0.263 e. The van der Waals surface area contributed by atoms with Crippen molar-refractivity contribution in [1.29, 1.82) is 0 Å². The number of hydrogen-bond donors (Lipinski definition) is 1. The van der Waals surface area contributed by atoms with Crippen molar-refractivity contribution in [1.82, 2.24) is 4.98 Å². The third kappa shape index (κ3) is 3.56. The van der Waals surface area contributed by atoms with E-state index in [9.17, 15) is 8.42 Å². The Morgan fingerprint density at radius 3 is 2.25 bits per heavy atom. The van der Waals surface area contributed by atoms with Crippen LogP contribution in [0.25, 0.3) is 0 Å². The van der Waals surface area contributed by atoms with E-state index in [1.54, 1.807) is 6.07 Å². The highest BCUT2D eigenvalue weighted by Crippen LogP contribution is 2.33. The van der Waals surface area contributed by atoms with Crippen LogP contribution in [-0.4, -0.2) is 13.4 Å². The number of hydrogen-bond acceptors (Lipinski definition) is 3. The molecule has 4 nitrogen and oxygen atoms in total. The predicted octanol–water partition coefficient (Wildman–Crippen LogP) is 4.61. The quantitative estimate of drug-likeness (QED) is 0.795. The van der Waals surface area contributed by atoms with E-state index in [0.717, 1.165) is 0 Å². The third-order valence-electron chi connectivity index (χ3n) is 2.19. The maximum atomic E-state index is 12.3. The first-order chi connectivity index (χ1) is 9.29. The molecule has 0 aliphatic rings. The lowest BCUT2D eigenvalue weighted by Crippen LogP contribution is -2.15. The molecular formula is C11H6BrCl3N2O2S. The molecule has 1 N–H and O–H groups in total. The minimum absolute atomic E-state index is 0.0648. The molecule has 0 saturated heterocycles. The van der Waals surface area contributed by atoms with E-state index in [4.69, 9.17) is 34.8 Å². The molecule has 0 aliphatic carbocycles. The topological polar surface area (TPSA) is 59.1 Å². The number of pyridine rings is 1. The van der Waals surface area contributed by atoms with Crippen molar-refractivity contribution in [2.45, 2.75) is 4.90 Å². The lowest BCUT2D eigenvalue weighted by atomic mass is 10.4. The molecule has 2 rings (SSSR count). The summed E-state index contributed by atoms with van der Waals surface area (Å²) in [5, 5.41) is 0.120. The van der Waals surface area contributed by atoms with Gasteiger partial charge in [-0.25, -0.2) is 13.4 Å². The number of rotatable bonds is 3. The van der Waals surface area contributed by atoms with Crippen LogP contribution in [0.5, 0.6) is 0 Å². The minimum Gasteiger partial charge on any atom is -0.263 e. The number of anilines is 1. The Morgan fingerprint density at radius 1 is 1.10 bits per heavy atom. The predicted molar refractivity (Wildman–Crippen MR) is 84.2 cm³/mol. The Kier molecular flexibility index (Phi) is 4.81. The Bertz CT molecular complexity index is 745. The van der Waals surface area contributed by atoms with Gasteiger partial charge in [-0.05, 0) is 24.3 Å². The second-order valence-electron chi connectivity index (χ2n) is 3.66. The molecule has 1 aromatic carbocycles. The number of aromatic nitrogens is 1. The zero-order valence-corrected chi connectivity index (χ0v) is 14.2. The molecule has 0 amide bonds. The maximum Gasteiger partial charge on any atom is 0.266 e. The number of halogens is 4. The Labute approximate surface area is 139 Å². The summed E-state index contributed by atoms with van der Waals surface area (Å²) >= 11 is 20.8. The van der Waals surface area contributed by atoms with Crippen LogP contribution in [0.15, 0.2) is 39.8 Å². The number of benzene rings is 1. The SMILES string of the molecule is O=S(=O)(Nc1cc(Br)ccn1)c1c(Cl)cc(Cl)cc1Cl. The first kappa shape index (κ1) is 15.9. The van der Waals surface area contributed by atoms with E-state index in [1.807, 2.05) is 0 Å². The number of nitrogens with one attached hydrogen (secondary N) is 1. The lowest BCUT2D eigenvalue weighted by Gasteiger charge is -2.11. The van der Waals surface area contributed by atoms with Crippen LogP contribution in [0.3, 0.4) is 0 Å². The number of nitrogens with zero attached hydrogens (tertiary/aromatic N) is 1. The summed E-state index contributed by atoms with van der Waals surface area (Å²) in [7, 11) is -3.96. The van der Waals surface area contributed by atoms with Gasteiger partial charge in [-0.3, -0.25) is 4.72 Å². The molecule has 0 fully saturated rings. The number of sulfonamides is 1. The second kappa shape index (κ2) is 6.07. The molecule has 0 spiro atoms. The van der Waals surface area contributed by atoms with Crippen molar-refractivity contribution >= 4 is 66.6 Å². The fraction of sp³-hybridized carbons (Fsp3) is 0. The molecule has 106 valence electrons. The van der Waals surface area contributed by atoms with Gasteiger partial charge in [0, 0.05) is 15.7 Å². The summed E-state index contributed by atoms with van der Waals surface area (Å²) in [5.41, 5.74) is 0. The highest BCUT2D eigenvalue weighted by molar-refractivity contribution is 9.10. The van der Waals surface area contributed by atoms with Crippen molar-refractivity contribution < 1.29 is 8.42 Å². The fourth-order valence-electron chi connectivity index (χ4n) is 1.43. The lowest BCUT2D eigenvalue weighted by molar-refractivity contribution is 0.601. The van der Waals surface area contributed by atoms with Crippen LogP contribution in [0.1, 0.15) is 0 Å². The summed E-state index contributed by atoms with van der Waals surface area (Å²) in [5.74, 6) is 0.140. The largest absolute Gasteiger partial charge is 0.266 e. The van der Waals surface area contributed by atoms with E-state index < -0.39 is 10.0 Å². The second-order valence-corrected chi connectivity index (χ2v) is 7.45.